The monoisotopic (exact) mass is 420 g/mol. The number of phenolic OH excluding ortho intramolecular Hbond substituents is 1. The fourth-order valence-corrected chi connectivity index (χ4v) is 4.62. The van der Waals surface area contributed by atoms with Gasteiger partial charge in [0.25, 0.3) is 0 Å². The highest BCUT2D eigenvalue weighted by Gasteiger charge is 2.39. The Morgan fingerprint density at radius 3 is 2.32 bits per heavy atom. The van der Waals surface area contributed by atoms with Gasteiger partial charge in [0, 0.05) is 43.2 Å². The van der Waals surface area contributed by atoms with Gasteiger partial charge in [-0.15, -0.1) is 0 Å². The Morgan fingerprint density at radius 2 is 1.65 bits per heavy atom. The number of rotatable bonds is 4. The number of hydrogen-bond acceptors (Lipinski definition) is 4. The molecule has 1 N–H and O–H groups in total. The zero-order valence-corrected chi connectivity index (χ0v) is 18.0. The summed E-state index contributed by atoms with van der Waals surface area (Å²) in [6.07, 6.45) is 1.47. The summed E-state index contributed by atoms with van der Waals surface area (Å²) in [7, 11) is 0. The summed E-state index contributed by atoms with van der Waals surface area (Å²) in [4.78, 5) is 42.0. The number of benzene rings is 2. The number of amides is 2. The van der Waals surface area contributed by atoms with Crippen LogP contribution in [0.2, 0.25) is 0 Å². The first kappa shape index (κ1) is 21.1. The Kier molecular flexibility index (Phi) is 5.81. The highest BCUT2D eigenvalue weighted by molar-refractivity contribution is 6.01. The predicted octanol–water partition coefficient (Wildman–Crippen LogP) is 3.48. The Labute approximate surface area is 182 Å². The molecule has 0 saturated carbocycles. The van der Waals surface area contributed by atoms with E-state index in [1.807, 2.05) is 36.9 Å². The van der Waals surface area contributed by atoms with E-state index in [1.54, 1.807) is 17.0 Å². The zero-order chi connectivity index (χ0) is 22.1. The average molecular weight is 421 g/mol. The molecule has 2 aliphatic rings. The second kappa shape index (κ2) is 8.53. The molecule has 2 amide bonds. The number of carbonyl (C=O) groups excluding carboxylic acids is 3. The topological polar surface area (TPSA) is 77.9 Å². The molecule has 0 spiro atoms. The van der Waals surface area contributed by atoms with Crippen LogP contribution in [0.25, 0.3) is 0 Å². The lowest BCUT2D eigenvalue weighted by Gasteiger charge is -2.33. The third kappa shape index (κ3) is 4.20. The summed E-state index contributed by atoms with van der Waals surface area (Å²) in [6.45, 7) is 5.49. The largest absolute Gasteiger partial charge is 0.508 e. The molecule has 6 nitrogen and oxygen atoms in total. The smallest absolute Gasteiger partial charge is 0.228 e. The molecular weight excluding hydrogens is 392 g/mol. The van der Waals surface area contributed by atoms with Gasteiger partial charge in [-0.1, -0.05) is 12.1 Å². The maximum atomic E-state index is 13.1. The van der Waals surface area contributed by atoms with Gasteiger partial charge in [-0.2, -0.15) is 0 Å². The van der Waals surface area contributed by atoms with Crippen LogP contribution in [0.3, 0.4) is 0 Å². The van der Waals surface area contributed by atoms with E-state index in [4.69, 9.17) is 0 Å². The molecule has 0 unspecified atom stereocenters. The third-order valence-electron chi connectivity index (χ3n) is 6.67. The van der Waals surface area contributed by atoms with Gasteiger partial charge < -0.3 is 14.9 Å². The van der Waals surface area contributed by atoms with Crippen molar-refractivity contribution in [3.63, 3.8) is 0 Å². The van der Waals surface area contributed by atoms with Crippen LogP contribution in [-0.4, -0.2) is 47.2 Å². The van der Waals surface area contributed by atoms with Crippen molar-refractivity contribution in [2.24, 2.45) is 11.8 Å². The molecule has 162 valence electrons. The van der Waals surface area contributed by atoms with Gasteiger partial charge in [-0.3, -0.25) is 14.4 Å². The van der Waals surface area contributed by atoms with Gasteiger partial charge >= 0.3 is 0 Å². The van der Waals surface area contributed by atoms with Crippen molar-refractivity contribution in [2.75, 3.05) is 24.5 Å². The van der Waals surface area contributed by atoms with E-state index in [1.165, 1.54) is 12.1 Å². The standard InChI is InChI=1S/C25H28N2O4/c1-16-4-3-5-22(17(16)2)27-15-20(14-23(27)29)25(31)26-12-10-19(11-13-26)24(30)18-6-8-21(28)9-7-18/h3-9,19-20,28H,10-15H2,1-2H3/t20-/m1/s1. The van der Waals surface area contributed by atoms with Crippen molar-refractivity contribution < 1.29 is 19.5 Å². The molecule has 2 heterocycles. The van der Waals surface area contributed by atoms with Crippen molar-refractivity contribution in [3.05, 3.63) is 59.2 Å². The molecule has 0 bridgehead atoms. The van der Waals surface area contributed by atoms with Crippen molar-refractivity contribution in [3.8, 4) is 5.75 Å². The molecule has 2 aliphatic heterocycles. The lowest BCUT2D eigenvalue weighted by atomic mass is 9.88. The molecule has 2 fully saturated rings. The van der Waals surface area contributed by atoms with Crippen LogP contribution >= 0.6 is 0 Å². The van der Waals surface area contributed by atoms with Gasteiger partial charge in [-0.05, 0) is 68.1 Å². The van der Waals surface area contributed by atoms with Crippen molar-refractivity contribution >= 4 is 23.3 Å². The second-order valence-corrected chi connectivity index (χ2v) is 8.64. The zero-order valence-electron chi connectivity index (χ0n) is 18.0. The molecule has 1 atom stereocenters. The number of ketones is 1. The minimum absolute atomic E-state index is 0.00977. The lowest BCUT2D eigenvalue weighted by Crippen LogP contribution is -2.43. The van der Waals surface area contributed by atoms with Crippen molar-refractivity contribution in [1.82, 2.24) is 4.90 Å². The van der Waals surface area contributed by atoms with E-state index >= 15 is 0 Å². The van der Waals surface area contributed by atoms with Gasteiger partial charge in [0.2, 0.25) is 11.8 Å². The molecule has 6 heteroatoms. The number of nitrogens with zero attached hydrogens (tertiary/aromatic N) is 2. The highest BCUT2D eigenvalue weighted by Crippen LogP contribution is 2.31. The Bertz CT molecular complexity index is 1010. The van der Waals surface area contributed by atoms with E-state index in [0.717, 1.165) is 16.8 Å². The SMILES string of the molecule is Cc1cccc(N2C[C@H](C(=O)N3CCC(C(=O)c4ccc(O)cc4)CC3)CC2=O)c1C. The second-order valence-electron chi connectivity index (χ2n) is 8.64. The molecule has 0 aromatic heterocycles. The molecule has 31 heavy (non-hydrogen) atoms. The Hall–Kier alpha value is -3.15. The third-order valence-corrected chi connectivity index (χ3v) is 6.67. The van der Waals surface area contributed by atoms with Crippen LogP contribution in [0.4, 0.5) is 5.69 Å². The van der Waals surface area contributed by atoms with E-state index in [0.29, 0.717) is 38.0 Å². The van der Waals surface area contributed by atoms with Crippen LogP contribution < -0.4 is 4.90 Å². The number of piperidine rings is 1. The molecule has 0 aliphatic carbocycles. The van der Waals surface area contributed by atoms with Crippen LogP contribution in [0, 0.1) is 25.7 Å². The fourth-order valence-electron chi connectivity index (χ4n) is 4.62. The van der Waals surface area contributed by atoms with E-state index in [2.05, 4.69) is 0 Å². The van der Waals surface area contributed by atoms with Gasteiger partial charge in [0.1, 0.15) is 5.75 Å². The van der Waals surface area contributed by atoms with Crippen molar-refractivity contribution in [2.45, 2.75) is 33.1 Å². The molecule has 2 saturated heterocycles. The first-order valence-electron chi connectivity index (χ1n) is 10.8. The summed E-state index contributed by atoms with van der Waals surface area (Å²) in [6, 6.07) is 12.2. The minimum Gasteiger partial charge on any atom is -0.508 e. The number of carbonyl (C=O) groups is 3. The Balaban J connectivity index is 1.37. The van der Waals surface area contributed by atoms with Gasteiger partial charge in [-0.25, -0.2) is 0 Å². The quantitative estimate of drug-likeness (QED) is 0.768. The Morgan fingerprint density at radius 1 is 0.968 bits per heavy atom. The number of likely N-dealkylation sites (tertiary alicyclic amines) is 1. The minimum atomic E-state index is -0.336. The molecule has 2 aromatic carbocycles. The predicted molar refractivity (Wildman–Crippen MR) is 118 cm³/mol. The first-order valence-corrected chi connectivity index (χ1v) is 10.8. The van der Waals surface area contributed by atoms with Crippen LogP contribution in [0.5, 0.6) is 5.75 Å². The molecule has 0 radical (unpaired) electrons. The number of anilines is 1. The van der Waals surface area contributed by atoms with Crippen LogP contribution in [0.1, 0.15) is 40.7 Å². The summed E-state index contributed by atoms with van der Waals surface area (Å²) in [5.74, 6) is -0.259. The average Bonchev–Trinajstić information content (AvgIpc) is 3.16. The number of aromatic hydroxyl groups is 1. The van der Waals surface area contributed by atoms with E-state index in [9.17, 15) is 19.5 Å². The highest BCUT2D eigenvalue weighted by atomic mass is 16.3. The first-order chi connectivity index (χ1) is 14.8. The molecule has 4 rings (SSSR count). The van der Waals surface area contributed by atoms with Crippen LogP contribution in [-0.2, 0) is 9.59 Å². The summed E-state index contributed by atoms with van der Waals surface area (Å²) >= 11 is 0. The van der Waals surface area contributed by atoms with Crippen molar-refractivity contribution in [1.29, 1.82) is 0 Å². The van der Waals surface area contributed by atoms with E-state index in [-0.39, 0.29) is 41.6 Å². The molecule has 2 aromatic rings. The number of Topliss-reactive ketones (excluding diaryl/α,β-unsaturated/α-hetero) is 1. The van der Waals surface area contributed by atoms with E-state index < -0.39 is 0 Å². The maximum Gasteiger partial charge on any atom is 0.228 e. The number of hydrogen-bond donors (Lipinski definition) is 1. The summed E-state index contributed by atoms with van der Waals surface area (Å²) in [5, 5.41) is 9.40. The molecular formula is C25H28N2O4. The number of phenols is 1. The summed E-state index contributed by atoms with van der Waals surface area (Å²) in [5.41, 5.74) is 3.67. The summed E-state index contributed by atoms with van der Waals surface area (Å²) < 4.78 is 0. The maximum absolute atomic E-state index is 13.1. The van der Waals surface area contributed by atoms with Gasteiger partial charge in [0.05, 0.1) is 5.92 Å². The lowest BCUT2D eigenvalue weighted by molar-refractivity contribution is -0.137. The number of aryl methyl sites for hydroxylation is 1. The van der Waals surface area contributed by atoms with Crippen LogP contribution in [0.15, 0.2) is 42.5 Å². The normalized spacial score (nSPS) is 19.7. The van der Waals surface area contributed by atoms with Gasteiger partial charge in [0.15, 0.2) is 5.78 Å². The fraction of sp³-hybridized carbons (Fsp3) is 0.400.